The molecule has 3 aromatic carbocycles. The zero-order valence-corrected chi connectivity index (χ0v) is 13.8. The van der Waals surface area contributed by atoms with E-state index in [4.69, 9.17) is 4.42 Å². The van der Waals surface area contributed by atoms with Crippen LogP contribution in [0, 0.1) is 5.82 Å². The highest BCUT2D eigenvalue weighted by Crippen LogP contribution is 2.39. The van der Waals surface area contributed by atoms with Crippen molar-refractivity contribution in [1.82, 2.24) is 4.98 Å². The second-order valence-electron chi connectivity index (χ2n) is 6.16. The monoisotopic (exact) mass is 339 g/mol. The van der Waals surface area contributed by atoms with Gasteiger partial charge in [0.2, 0.25) is 0 Å². The van der Waals surface area contributed by atoms with Gasteiger partial charge in [0.05, 0.1) is 5.56 Å². The van der Waals surface area contributed by atoms with Gasteiger partial charge in [-0.2, -0.15) is 0 Å². The van der Waals surface area contributed by atoms with Crippen molar-refractivity contribution >= 4 is 22.1 Å². The molecule has 0 aliphatic heterocycles. The van der Waals surface area contributed by atoms with Gasteiger partial charge in [0, 0.05) is 10.9 Å². The first-order valence-electron chi connectivity index (χ1n) is 8.44. The van der Waals surface area contributed by atoms with Crippen LogP contribution in [0.1, 0.15) is 0 Å². The summed E-state index contributed by atoms with van der Waals surface area (Å²) in [5.41, 5.74) is 4.17. The molecule has 0 spiro atoms. The average molecular weight is 339 g/mol. The molecule has 5 rings (SSSR count). The van der Waals surface area contributed by atoms with E-state index < -0.39 is 0 Å². The number of benzene rings is 3. The van der Waals surface area contributed by atoms with E-state index in [2.05, 4.69) is 4.98 Å². The van der Waals surface area contributed by atoms with Crippen LogP contribution < -0.4 is 0 Å². The molecule has 0 saturated carbocycles. The Kier molecular flexibility index (Phi) is 3.32. The van der Waals surface area contributed by atoms with Gasteiger partial charge in [-0.05, 0) is 17.7 Å². The predicted molar refractivity (Wildman–Crippen MR) is 102 cm³/mol. The third kappa shape index (κ3) is 2.21. The van der Waals surface area contributed by atoms with Gasteiger partial charge in [0.25, 0.3) is 0 Å². The molecule has 3 heteroatoms. The number of pyridine rings is 1. The summed E-state index contributed by atoms with van der Waals surface area (Å²) in [5, 5.41) is 0.886. The van der Waals surface area contributed by atoms with E-state index in [0.717, 1.165) is 16.5 Å². The van der Waals surface area contributed by atoms with E-state index in [0.29, 0.717) is 27.9 Å². The van der Waals surface area contributed by atoms with Gasteiger partial charge in [-0.15, -0.1) is 0 Å². The van der Waals surface area contributed by atoms with Crippen molar-refractivity contribution in [2.75, 3.05) is 0 Å². The number of rotatable bonds is 2. The molecule has 0 fully saturated rings. The lowest BCUT2D eigenvalue weighted by Crippen LogP contribution is -1.95. The normalized spacial score (nSPS) is 11.3. The van der Waals surface area contributed by atoms with E-state index >= 15 is 4.39 Å². The van der Waals surface area contributed by atoms with Crippen LogP contribution in [0.2, 0.25) is 0 Å². The van der Waals surface area contributed by atoms with Crippen molar-refractivity contribution < 1.29 is 8.81 Å². The molecular weight excluding hydrogens is 325 g/mol. The fourth-order valence-electron chi connectivity index (χ4n) is 3.34. The van der Waals surface area contributed by atoms with Gasteiger partial charge >= 0.3 is 0 Å². The molecule has 0 saturated heterocycles. The Morgan fingerprint density at radius 2 is 1.31 bits per heavy atom. The van der Waals surface area contributed by atoms with E-state index in [1.807, 2.05) is 84.9 Å². The minimum absolute atomic E-state index is 0.337. The molecule has 0 atom stereocenters. The summed E-state index contributed by atoms with van der Waals surface area (Å²) in [6, 6.07) is 26.6. The highest BCUT2D eigenvalue weighted by molar-refractivity contribution is 6.08. The van der Waals surface area contributed by atoms with E-state index in [1.165, 1.54) is 0 Å². The Labute approximate surface area is 149 Å². The van der Waals surface area contributed by atoms with Crippen molar-refractivity contribution in [3.8, 4) is 22.4 Å². The molecule has 2 heterocycles. The quantitative estimate of drug-likeness (QED) is 0.369. The minimum atomic E-state index is -0.367. The molecule has 5 aromatic rings. The number of para-hydroxylation sites is 1. The molecule has 0 aliphatic rings. The first-order valence-corrected chi connectivity index (χ1v) is 8.44. The summed E-state index contributed by atoms with van der Waals surface area (Å²) in [7, 11) is 0. The van der Waals surface area contributed by atoms with Crippen molar-refractivity contribution in [3.05, 3.63) is 90.7 Å². The predicted octanol–water partition coefficient (Wildman–Crippen LogP) is 6.45. The second-order valence-corrected chi connectivity index (χ2v) is 6.16. The SMILES string of the molecule is Fc1c(-c2ccccc2)nc2c(oc3ccccc32)c1-c1ccccc1. The van der Waals surface area contributed by atoms with Crippen LogP contribution in [0.3, 0.4) is 0 Å². The Morgan fingerprint density at radius 1 is 0.692 bits per heavy atom. The molecular formula is C23H14FNO. The van der Waals surface area contributed by atoms with Crippen LogP contribution in [0.15, 0.2) is 89.3 Å². The molecule has 0 unspecified atom stereocenters. The molecule has 124 valence electrons. The van der Waals surface area contributed by atoms with Crippen LogP contribution in [0.4, 0.5) is 4.39 Å². The zero-order chi connectivity index (χ0) is 17.5. The lowest BCUT2D eigenvalue weighted by molar-refractivity contribution is 0.620. The summed E-state index contributed by atoms with van der Waals surface area (Å²) in [5.74, 6) is -0.367. The van der Waals surface area contributed by atoms with Crippen LogP contribution in [-0.4, -0.2) is 4.98 Å². The second kappa shape index (κ2) is 5.81. The number of aromatic nitrogens is 1. The highest BCUT2D eigenvalue weighted by Gasteiger charge is 2.22. The summed E-state index contributed by atoms with van der Waals surface area (Å²) >= 11 is 0. The van der Waals surface area contributed by atoms with Crippen LogP contribution in [0.25, 0.3) is 44.5 Å². The third-order valence-corrected chi connectivity index (χ3v) is 4.56. The van der Waals surface area contributed by atoms with E-state index in [1.54, 1.807) is 0 Å². The average Bonchev–Trinajstić information content (AvgIpc) is 3.07. The number of nitrogens with zero attached hydrogens (tertiary/aromatic N) is 1. The Bertz CT molecular complexity index is 1230. The lowest BCUT2D eigenvalue weighted by atomic mass is 10.0. The van der Waals surface area contributed by atoms with Gasteiger partial charge in [-0.1, -0.05) is 72.8 Å². The van der Waals surface area contributed by atoms with Gasteiger partial charge in [0.1, 0.15) is 16.8 Å². The van der Waals surface area contributed by atoms with Crippen molar-refractivity contribution in [1.29, 1.82) is 0 Å². The maximum Gasteiger partial charge on any atom is 0.164 e. The molecule has 2 nitrogen and oxygen atoms in total. The Morgan fingerprint density at radius 3 is 2.04 bits per heavy atom. The lowest BCUT2D eigenvalue weighted by Gasteiger charge is -2.09. The summed E-state index contributed by atoms with van der Waals surface area (Å²) < 4.78 is 21.6. The van der Waals surface area contributed by atoms with Gasteiger partial charge in [-0.25, -0.2) is 9.37 Å². The van der Waals surface area contributed by atoms with Gasteiger partial charge < -0.3 is 4.42 Å². The molecule has 0 radical (unpaired) electrons. The number of hydrogen-bond acceptors (Lipinski definition) is 2. The van der Waals surface area contributed by atoms with Crippen LogP contribution in [0.5, 0.6) is 0 Å². The zero-order valence-electron chi connectivity index (χ0n) is 13.8. The van der Waals surface area contributed by atoms with Crippen molar-refractivity contribution in [2.24, 2.45) is 0 Å². The van der Waals surface area contributed by atoms with Crippen LogP contribution in [-0.2, 0) is 0 Å². The largest absolute Gasteiger partial charge is 0.454 e. The smallest absolute Gasteiger partial charge is 0.164 e. The third-order valence-electron chi connectivity index (χ3n) is 4.56. The molecule has 0 N–H and O–H groups in total. The molecule has 0 bridgehead atoms. The Hall–Kier alpha value is -3.46. The maximum atomic E-state index is 15.6. The summed E-state index contributed by atoms with van der Waals surface area (Å²) in [6.07, 6.45) is 0. The number of halogens is 1. The van der Waals surface area contributed by atoms with Crippen molar-refractivity contribution in [3.63, 3.8) is 0 Å². The maximum absolute atomic E-state index is 15.6. The standard InChI is InChI=1S/C23H14FNO/c24-20-19(15-9-3-1-4-10-15)23-22(17-13-7-8-14-18(17)26-23)25-21(20)16-11-5-2-6-12-16/h1-14H. The Balaban J connectivity index is 1.96. The number of furan rings is 1. The first-order chi connectivity index (χ1) is 12.8. The number of fused-ring (bicyclic) bond motifs is 3. The molecule has 26 heavy (non-hydrogen) atoms. The van der Waals surface area contributed by atoms with Crippen molar-refractivity contribution in [2.45, 2.75) is 0 Å². The number of hydrogen-bond donors (Lipinski definition) is 0. The molecule has 2 aromatic heterocycles. The fourth-order valence-corrected chi connectivity index (χ4v) is 3.34. The van der Waals surface area contributed by atoms with Crippen LogP contribution >= 0.6 is 0 Å². The van der Waals surface area contributed by atoms with Gasteiger partial charge in [0.15, 0.2) is 11.4 Å². The van der Waals surface area contributed by atoms with E-state index in [-0.39, 0.29) is 5.82 Å². The fraction of sp³-hybridized carbons (Fsp3) is 0. The van der Waals surface area contributed by atoms with Gasteiger partial charge in [-0.3, -0.25) is 0 Å². The topological polar surface area (TPSA) is 26.0 Å². The molecule has 0 amide bonds. The molecule has 0 aliphatic carbocycles. The minimum Gasteiger partial charge on any atom is -0.454 e. The summed E-state index contributed by atoms with van der Waals surface area (Å²) in [6.45, 7) is 0. The highest BCUT2D eigenvalue weighted by atomic mass is 19.1. The van der Waals surface area contributed by atoms with E-state index in [9.17, 15) is 0 Å². The first kappa shape index (κ1) is 14.8. The summed E-state index contributed by atoms with van der Waals surface area (Å²) in [4.78, 5) is 4.65.